The lowest BCUT2D eigenvalue weighted by Gasteiger charge is -2.32. The van der Waals surface area contributed by atoms with Gasteiger partial charge in [-0.05, 0) is 29.7 Å². The minimum absolute atomic E-state index is 0.183. The smallest absolute Gasteiger partial charge is 0.251 e. The van der Waals surface area contributed by atoms with Gasteiger partial charge >= 0.3 is 0 Å². The average molecular weight is 297 g/mol. The van der Waals surface area contributed by atoms with Crippen LogP contribution >= 0.6 is 0 Å². The van der Waals surface area contributed by atoms with Gasteiger partial charge in [-0.2, -0.15) is 0 Å². The number of alkyl halides is 1. The standard InChI is InChI=1S/C18H16FNO2/c19-17-14-8-6-12-13(18(21)20-14)7-9-15(16(12)17)22-10-11-4-2-1-3-5-11/h1-7,9,14,16-17H,8,10H2,(H,20,21). The summed E-state index contributed by atoms with van der Waals surface area (Å²) in [5, 5.41) is 2.76. The fourth-order valence-corrected chi connectivity index (χ4v) is 3.34. The van der Waals surface area contributed by atoms with E-state index in [1.54, 1.807) is 12.2 Å². The molecular weight excluding hydrogens is 281 g/mol. The fraction of sp³-hybridized carbons (Fsp3) is 0.278. The van der Waals surface area contributed by atoms with Crippen molar-refractivity contribution in [3.8, 4) is 0 Å². The van der Waals surface area contributed by atoms with Crippen LogP contribution < -0.4 is 5.32 Å². The summed E-state index contributed by atoms with van der Waals surface area (Å²) in [6.45, 7) is 0.401. The van der Waals surface area contributed by atoms with Gasteiger partial charge in [-0.25, -0.2) is 4.39 Å². The summed E-state index contributed by atoms with van der Waals surface area (Å²) in [5.41, 5.74) is 2.37. The van der Waals surface area contributed by atoms with Gasteiger partial charge in [-0.15, -0.1) is 0 Å². The number of rotatable bonds is 3. The quantitative estimate of drug-likeness (QED) is 0.931. The molecule has 0 saturated carbocycles. The Hall–Kier alpha value is -2.36. The molecule has 5 rings (SSSR count). The number of nitrogens with one attached hydrogen (secondary N) is 1. The Labute approximate surface area is 128 Å². The molecule has 22 heavy (non-hydrogen) atoms. The number of amides is 1. The lowest BCUT2D eigenvalue weighted by Crippen LogP contribution is -2.42. The molecular formula is C18H16FNO2. The molecule has 3 atom stereocenters. The first-order valence-electron chi connectivity index (χ1n) is 7.48. The van der Waals surface area contributed by atoms with E-state index >= 15 is 0 Å². The molecule has 0 radical (unpaired) electrons. The van der Waals surface area contributed by atoms with Gasteiger partial charge in [-0.1, -0.05) is 36.4 Å². The molecule has 1 aromatic carbocycles. The topological polar surface area (TPSA) is 38.3 Å². The van der Waals surface area contributed by atoms with E-state index in [-0.39, 0.29) is 5.91 Å². The molecule has 0 aromatic heterocycles. The van der Waals surface area contributed by atoms with Gasteiger partial charge in [-0.3, -0.25) is 4.79 Å². The van der Waals surface area contributed by atoms with Gasteiger partial charge in [0.2, 0.25) is 0 Å². The maximum atomic E-state index is 14.8. The predicted molar refractivity (Wildman–Crippen MR) is 80.4 cm³/mol. The molecule has 4 heteroatoms. The molecule has 3 nitrogen and oxygen atoms in total. The molecule has 1 aromatic rings. The zero-order chi connectivity index (χ0) is 15.1. The summed E-state index contributed by atoms with van der Waals surface area (Å²) in [4.78, 5) is 12.1. The van der Waals surface area contributed by atoms with Gasteiger partial charge in [0.25, 0.3) is 5.91 Å². The highest BCUT2D eigenvalue weighted by Gasteiger charge is 2.45. The zero-order valence-corrected chi connectivity index (χ0v) is 12.0. The molecule has 1 fully saturated rings. The van der Waals surface area contributed by atoms with Crippen molar-refractivity contribution in [2.24, 2.45) is 5.92 Å². The highest BCUT2D eigenvalue weighted by atomic mass is 19.1. The van der Waals surface area contributed by atoms with E-state index in [2.05, 4.69) is 5.32 Å². The van der Waals surface area contributed by atoms with Crippen LogP contribution in [-0.4, -0.2) is 18.1 Å². The predicted octanol–water partition coefficient (Wildman–Crippen LogP) is 2.81. The minimum atomic E-state index is -1.14. The Morgan fingerprint density at radius 1 is 1.23 bits per heavy atom. The second-order valence-corrected chi connectivity index (χ2v) is 5.82. The van der Waals surface area contributed by atoms with Crippen LogP contribution in [0.15, 0.2) is 65.5 Å². The van der Waals surface area contributed by atoms with Gasteiger partial charge in [0.1, 0.15) is 18.5 Å². The third-order valence-electron chi connectivity index (χ3n) is 4.47. The Morgan fingerprint density at radius 3 is 2.86 bits per heavy atom. The molecule has 1 saturated heterocycles. The van der Waals surface area contributed by atoms with Crippen LogP contribution in [0.5, 0.6) is 0 Å². The van der Waals surface area contributed by atoms with E-state index in [0.717, 1.165) is 11.1 Å². The molecule has 4 aliphatic rings. The van der Waals surface area contributed by atoms with Crippen LogP contribution in [0, 0.1) is 5.92 Å². The molecule has 1 N–H and O–H groups in total. The number of carbonyl (C=O) groups excluding carboxylic acids is 1. The van der Waals surface area contributed by atoms with E-state index in [9.17, 15) is 9.18 Å². The molecule has 2 heterocycles. The first-order valence-corrected chi connectivity index (χ1v) is 7.48. The number of carbonyl (C=O) groups is 1. The van der Waals surface area contributed by atoms with Crippen LogP contribution in [0.25, 0.3) is 0 Å². The first-order chi connectivity index (χ1) is 10.7. The fourth-order valence-electron chi connectivity index (χ4n) is 3.34. The van der Waals surface area contributed by atoms with Crippen molar-refractivity contribution < 1.29 is 13.9 Å². The summed E-state index contributed by atoms with van der Waals surface area (Å²) >= 11 is 0. The van der Waals surface area contributed by atoms with E-state index in [1.807, 2.05) is 36.4 Å². The SMILES string of the molecule is O=C1NC2CC=C3C1=CC=C(OCc1ccccc1)C3C2F. The van der Waals surface area contributed by atoms with E-state index in [1.165, 1.54) is 0 Å². The van der Waals surface area contributed by atoms with Crippen molar-refractivity contribution >= 4 is 5.91 Å². The largest absolute Gasteiger partial charge is 0.492 e. The molecule has 2 aliphatic heterocycles. The molecule has 3 unspecified atom stereocenters. The van der Waals surface area contributed by atoms with E-state index in [0.29, 0.717) is 24.4 Å². The number of hydrogen-bond acceptors (Lipinski definition) is 2. The third-order valence-corrected chi connectivity index (χ3v) is 4.47. The van der Waals surface area contributed by atoms with Crippen LogP contribution in [0.4, 0.5) is 4.39 Å². The van der Waals surface area contributed by atoms with Gasteiger partial charge < -0.3 is 10.1 Å². The number of fused-ring (bicyclic) bond motifs is 2. The van der Waals surface area contributed by atoms with Crippen molar-refractivity contribution in [1.82, 2.24) is 5.32 Å². The number of halogens is 1. The molecule has 1 amide bonds. The van der Waals surface area contributed by atoms with Gasteiger partial charge in [0.15, 0.2) is 0 Å². The second-order valence-electron chi connectivity index (χ2n) is 5.82. The molecule has 0 spiro atoms. The lowest BCUT2D eigenvalue weighted by molar-refractivity contribution is -0.117. The average Bonchev–Trinajstić information content (AvgIpc) is 2.75. The Bertz CT molecular complexity index is 705. The van der Waals surface area contributed by atoms with Crippen LogP contribution in [0.3, 0.4) is 0 Å². The van der Waals surface area contributed by atoms with E-state index < -0.39 is 18.1 Å². The van der Waals surface area contributed by atoms with Crippen molar-refractivity contribution in [1.29, 1.82) is 0 Å². The summed E-state index contributed by atoms with van der Waals surface area (Å²) < 4.78 is 20.6. The van der Waals surface area contributed by atoms with Gasteiger partial charge in [0.05, 0.1) is 12.0 Å². The maximum absolute atomic E-state index is 14.8. The monoisotopic (exact) mass is 297 g/mol. The number of ether oxygens (including phenoxy) is 1. The third kappa shape index (κ3) is 2.06. The Kier molecular flexibility index (Phi) is 3.10. The van der Waals surface area contributed by atoms with Crippen molar-refractivity contribution in [2.75, 3.05) is 0 Å². The second kappa shape index (κ2) is 5.13. The van der Waals surface area contributed by atoms with E-state index in [4.69, 9.17) is 4.74 Å². The summed E-state index contributed by atoms with van der Waals surface area (Å²) in [6, 6.07) is 9.32. The van der Waals surface area contributed by atoms with Gasteiger partial charge in [0, 0.05) is 5.57 Å². The number of benzene rings is 1. The molecule has 4 bridgehead atoms. The summed E-state index contributed by atoms with van der Waals surface area (Å²) in [5.74, 6) is -0.0498. The highest BCUT2D eigenvalue weighted by Crippen LogP contribution is 2.42. The van der Waals surface area contributed by atoms with Crippen LogP contribution in [0.1, 0.15) is 12.0 Å². The normalized spacial score (nSPS) is 29.0. The zero-order valence-electron chi connectivity index (χ0n) is 12.0. The summed E-state index contributed by atoms with van der Waals surface area (Å²) in [6.07, 6.45) is 4.84. The van der Waals surface area contributed by atoms with Crippen LogP contribution in [0.2, 0.25) is 0 Å². The molecule has 2 aliphatic carbocycles. The lowest BCUT2D eigenvalue weighted by atomic mass is 9.78. The minimum Gasteiger partial charge on any atom is -0.492 e. The van der Waals surface area contributed by atoms with Crippen molar-refractivity contribution in [3.05, 3.63) is 71.0 Å². The van der Waals surface area contributed by atoms with Crippen LogP contribution in [-0.2, 0) is 16.1 Å². The Balaban J connectivity index is 1.63. The first kappa shape index (κ1) is 13.3. The number of allylic oxidation sites excluding steroid dienone is 3. The maximum Gasteiger partial charge on any atom is 0.251 e. The summed E-state index contributed by atoms with van der Waals surface area (Å²) in [7, 11) is 0. The molecule has 112 valence electrons. The number of hydrogen-bond donors (Lipinski definition) is 1. The van der Waals surface area contributed by atoms with Crippen molar-refractivity contribution in [2.45, 2.75) is 25.2 Å². The Morgan fingerprint density at radius 2 is 2.05 bits per heavy atom. The van der Waals surface area contributed by atoms with Crippen molar-refractivity contribution in [3.63, 3.8) is 0 Å². The highest BCUT2D eigenvalue weighted by molar-refractivity contribution is 6.00.